The topological polar surface area (TPSA) is 40.2 Å². The molecule has 0 saturated heterocycles. The Hall–Kier alpha value is -2.40. The van der Waals surface area contributed by atoms with Gasteiger partial charge in [-0.05, 0) is 48.7 Å². The zero-order chi connectivity index (χ0) is 17.1. The molecule has 2 aromatic carbocycles. The summed E-state index contributed by atoms with van der Waals surface area (Å²) < 4.78 is 22.9. The Morgan fingerprint density at radius 1 is 1.08 bits per heavy atom. The molecule has 2 aliphatic heterocycles. The molecule has 5 heteroatoms. The van der Waals surface area contributed by atoms with Crippen molar-refractivity contribution < 1.29 is 18.9 Å². The monoisotopic (exact) mass is 339 g/mol. The quantitative estimate of drug-likeness (QED) is 0.840. The van der Waals surface area contributed by atoms with Crippen LogP contribution in [-0.2, 0) is 12.8 Å². The number of likely N-dealkylation sites (N-methyl/N-ethyl adjacent to an activating group) is 1. The van der Waals surface area contributed by atoms with Crippen molar-refractivity contribution in [1.29, 1.82) is 0 Å². The van der Waals surface area contributed by atoms with E-state index in [-0.39, 0.29) is 6.79 Å². The zero-order valence-electron chi connectivity index (χ0n) is 14.7. The highest BCUT2D eigenvalue weighted by atomic mass is 16.7. The Morgan fingerprint density at radius 2 is 1.96 bits per heavy atom. The lowest BCUT2D eigenvalue weighted by atomic mass is 9.76. The number of benzene rings is 2. The van der Waals surface area contributed by atoms with Crippen molar-refractivity contribution in [2.24, 2.45) is 0 Å². The van der Waals surface area contributed by atoms with E-state index >= 15 is 0 Å². The lowest BCUT2D eigenvalue weighted by Gasteiger charge is -2.40. The second-order valence-corrected chi connectivity index (χ2v) is 6.84. The van der Waals surface area contributed by atoms with Gasteiger partial charge in [-0.2, -0.15) is 0 Å². The van der Waals surface area contributed by atoms with Crippen LogP contribution < -0.4 is 18.9 Å². The minimum absolute atomic E-state index is 0.271. The molecule has 0 spiro atoms. The molecule has 5 nitrogen and oxygen atoms in total. The third-order valence-corrected chi connectivity index (χ3v) is 5.68. The van der Waals surface area contributed by atoms with E-state index in [0.29, 0.717) is 6.04 Å². The maximum Gasteiger partial charge on any atom is 0.231 e. The van der Waals surface area contributed by atoms with Gasteiger partial charge in [0.1, 0.15) is 0 Å². The molecule has 0 amide bonds. The van der Waals surface area contributed by atoms with E-state index in [9.17, 15) is 0 Å². The minimum Gasteiger partial charge on any atom is -0.493 e. The van der Waals surface area contributed by atoms with Crippen molar-refractivity contribution in [3.05, 3.63) is 34.9 Å². The van der Waals surface area contributed by atoms with Gasteiger partial charge in [0.15, 0.2) is 23.0 Å². The molecule has 0 N–H and O–H groups in total. The SMILES string of the molecule is COc1ccc2c(c1OC)-c1c3c(cc4c1C(C2)N(C)CC4)OCO3. The summed E-state index contributed by atoms with van der Waals surface area (Å²) in [6, 6.07) is 6.67. The Bertz CT molecular complexity index is 877. The van der Waals surface area contributed by atoms with Gasteiger partial charge in [0.25, 0.3) is 0 Å². The summed E-state index contributed by atoms with van der Waals surface area (Å²) in [6.45, 7) is 1.33. The first-order valence-corrected chi connectivity index (χ1v) is 8.62. The summed E-state index contributed by atoms with van der Waals surface area (Å²) in [5.74, 6) is 3.20. The summed E-state index contributed by atoms with van der Waals surface area (Å²) in [7, 11) is 5.57. The Morgan fingerprint density at radius 3 is 2.76 bits per heavy atom. The number of fused-ring (bicyclic) bond motifs is 4. The van der Waals surface area contributed by atoms with Gasteiger partial charge >= 0.3 is 0 Å². The maximum atomic E-state index is 5.90. The number of hydrogen-bond acceptors (Lipinski definition) is 5. The van der Waals surface area contributed by atoms with Crippen LogP contribution in [-0.4, -0.2) is 39.5 Å². The molecule has 0 bridgehead atoms. The molecule has 25 heavy (non-hydrogen) atoms. The van der Waals surface area contributed by atoms with E-state index in [1.807, 2.05) is 6.07 Å². The molecular formula is C20H21NO4. The smallest absolute Gasteiger partial charge is 0.231 e. The van der Waals surface area contributed by atoms with Crippen LogP contribution in [0.5, 0.6) is 23.0 Å². The van der Waals surface area contributed by atoms with Crippen molar-refractivity contribution in [2.45, 2.75) is 18.9 Å². The van der Waals surface area contributed by atoms with E-state index in [0.717, 1.165) is 53.5 Å². The van der Waals surface area contributed by atoms with Gasteiger partial charge in [-0.15, -0.1) is 0 Å². The first-order valence-electron chi connectivity index (χ1n) is 8.62. The maximum absolute atomic E-state index is 5.90. The fourth-order valence-corrected chi connectivity index (χ4v) is 4.50. The summed E-state index contributed by atoms with van der Waals surface area (Å²) >= 11 is 0. The second-order valence-electron chi connectivity index (χ2n) is 6.84. The first-order chi connectivity index (χ1) is 12.2. The molecular weight excluding hydrogens is 318 g/mol. The van der Waals surface area contributed by atoms with E-state index in [1.54, 1.807) is 14.2 Å². The second kappa shape index (κ2) is 5.30. The zero-order valence-corrected chi connectivity index (χ0v) is 14.7. The van der Waals surface area contributed by atoms with Crippen molar-refractivity contribution in [3.8, 4) is 34.1 Å². The third kappa shape index (κ3) is 1.93. The largest absolute Gasteiger partial charge is 0.493 e. The Kier molecular flexibility index (Phi) is 3.16. The van der Waals surface area contributed by atoms with Gasteiger partial charge in [0, 0.05) is 23.7 Å². The van der Waals surface area contributed by atoms with Crippen LogP contribution >= 0.6 is 0 Å². The van der Waals surface area contributed by atoms with Gasteiger partial charge < -0.3 is 18.9 Å². The first kappa shape index (κ1) is 14.9. The molecule has 130 valence electrons. The van der Waals surface area contributed by atoms with E-state index < -0.39 is 0 Å². The normalized spacial score (nSPS) is 20.0. The van der Waals surface area contributed by atoms with Crippen LogP contribution in [0.1, 0.15) is 22.7 Å². The Labute approximate surface area is 147 Å². The van der Waals surface area contributed by atoms with Gasteiger partial charge in [0.2, 0.25) is 6.79 Å². The minimum atomic E-state index is 0.271. The van der Waals surface area contributed by atoms with Gasteiger partial charge in [-0.3, -0.25) is 4.90 Å². The molecule has 1 aliphatic carbocycles. The van der Waals surface area contributed by atoms with E-state index in [4.69, 9.17) is 18.9 Å². The number of rotatable bonds is 2. The van der Waals surface area contributed by atoms with E-state index in [2.05, 4.69) is 24.1 Å². The molecule has 0 radical (unpaired) electrons. The van der Waals surface area contributed by atoms with Gasteiger partial charge in [-0.1, -0.05) is 6.07 Å². The fourth-order valence-electron chi connectivity index (χ4n) is 4.50. The average Bonchev–Trinajstić information content (AvgIpc) is 3.11. The Balaban J connectivity index is 1.88. The van der Waals surface area contributed by atoms with Crippen molar-refractivity contribution in [3.63, 3.8) is 0 Å². The molecule has 2 aromatic rings. The lowest BCUT2D eigenvalue weighted by molar-refractivity contribution is 0.174. The summed E-state index contributed by atoms with van der Waals surface area (Å²) in [4.78, 5) is 2.44. The summed E-state index contributed by atoms with van der Waals surface area (Å²) in [5.41, 5.74) is 6.19. The fraction of sp³-hybridized carbons (Fsp3) is 0.400. The number of methoxy groups -OCH3 is 2. The highest BCUT2D eigenvalue weighted by Gasteiger charge is 2.39. The highest BCUT2D eigenvalue weighted by molar-refractivity contribution is 5.88. The average molecular weight is 339 g/mol. The van der Waals surface area contributed by atoms with Crippen molar-refractivity contribution in [2.75, 3.05) is 34.6 Å². The summed E-state index contributed by atoms with van der Waals surface area (Å²) in [5, 5.41) is 0. The van der Waals surface area contributed by atoms with Gasteiger partial charge in [0.05, 0.1) is 14.2 Å². The molecule has 1 atom stereocenters. The predicted molar refractivity (Wildman–Crippen MR) is 93.9 cm³/mol. The molecule has 0 aromatic heterocycles. The predicted octanol–water partition coefficient (Wildman–Crippen LogP) is 3.18. The number of hydrogen-bond donors (Lipinski definition) is 0. The molecule has 2 heterocycles. The van der Waals surface area contributed by atoms with Crippen LogP contribution in [0.15, 0.2) is 18.2 Å². The molecule has 1 unspecified atom stereocenters. The molecule has 3 aliphatic rings. The number of ether oxygens (including phenoxy) is 4. The van der Waals surface area contributed by atoms with Crippen LogP contribution in [0.3, 0.4) is 0 Å². The van der Waals surface area contributed by atoms with Crippen LogP contribution in [0.2, 0.25) is 0 Å². The molecule has 0 saturated carbocycles. The van der Waals surface area contributed by atoms with Crippen LogP contribution in [0, 0.1) is 0 Å². The number of nitrogens with zero attached hydrogens (tertiary/aromatic N) is 1. The standard InChI is InChI=1S/C20H21NO4/c1-21-7-6-12-9-15-20(25-10-24-15)18-16(12)13(21)8-11-4-5-14(22-2)19(23-3)17(11)18/h4-5,9,13H,6-8,10H2,1-3H3. The molecule has 5 rings (SSSR count). The molecule has 0 fully saturated rings. The van der Waals surface area contributed by atoms with E-state index in [1.165, 1.54) is 16.7 Å². The van der Waals surface area contributed by atoms with Crippen molar-refractivity contribution in [1.82, 2.24) is 4.90 Å². The van der Waals surface area contributed by atoms with Crippen molar-refractivity contribution >= 4 is 0 Å². The van der Waals surface area contributed by atoms with Gasteiger partial charge in [-0.25, -0.2) is 0 Å². The third-order valence-electron chi connectivity index (χ3n) is 5.68. The summed E-state index contributed by atoms with van der Waals surface area (Å²) in [6.07, 6.45) is 1.99. The highest BCUT2D eigenvalue weighted by Crippen LogP contribution is 2.57. The van der Waals surface area contributed by atoms with Crippen LogP contribution in [0.25, 0.3) is 11.1 Å². The van der Waals surface area contributed by atoms with Crippen LogP contribution in [0.4, 0.5) is 0 Å². The lowest BCUT2D eigenvalue weighted by Crippen LogP contribution is -2.35.